The maximum absolute atomic E-state index is 13.3. The number of carbonyl (C=O) groups is 2. The molecule has 6 nitrogen and oxygen atoms in total. The molecule has 0 unspecified atom stereocenters. The number of hydrazine groups is 1. The second kappa shape index (κ2) is 8.79. The van der Waals surface area contributed by atoms with Gasteiger partial charge in [0.15, 0.2) is 6.04 Å². The molecular formula is C24H21FN3O3+. The summed E-state index contributed by atoms with van der Waals surface area (Å²) in [6.45, 7) is 0. The molecule has 0 radical (unpaired) electrons. The number of ether oxygens (including phenoxy) is 1. The Labute approximate surface area is 179 Å². The molecule has 1 heterocycles. The van der Waals surface area contributed by atoms with Gasteiger partial charge in [-0.25, -0.2) is 4.39 Å². The van der Waals surface area contributed by atoms with Crippen LogP contribution in [-0.4, -0.2) is 35.9 Å². The summed E-state index contributed by atoms with van der Waals surface area (Å²) in [5.41, 5.74) is 4.77. The SMILES string of the molecule is COc1ccc([C@@H]2[C@H](NC(=O)c3ccccc3)C(=O)N/[N+]2=C\c2ccc(F)cc2)cc1. The quantitative estimate of drug-likeness (QED) is 0.626. The third-order valence-electron chi connectivity index (χ3n) is 5.08. The number of nitrogens with zero attached hydrogens (tertiary/aromatic N) is 1. The average Bonchev–Trinajstić information content (AvgIpc) is 3.10. The highest BCUT2D eigenvalue weighted by Crippen LogP contribution is 2.27. The molecule has 3 aromatic carbocycles. The van der Waals surface area contributed by atoms with E-state index in [1.54, 1.807) is 66.5 Å². The number of amides is 2. The van der Waals surface area contributed by atoms with Crippen molar-refractivity contribution in [1.29, 1.82) is 0 Å². The first-order valence-electron chi connectivity index (χ1n) is 9.74. The number of carbonyl (C=O) groups excluding carboxylic acids is 2. The molecule has 1 fully saturated rings. The Hall–Kier alpha value is -4.00. The molecule has 0 bridgehead atoms. The number of halogens is 1. The topological polar surface area (TPSA) is 70.4 Å². The van der Waals surface area contributed by atoms with Gasteiger partial charge in [0.2, 0.25) is 12.3 Å². The highest BCUT2D eigenvalue weighted by molar-refractivity contribution is 5.98. The van der Waals surface area contributed by atoms with Crippen LogP contribution in [0.3, 0.4) is 0 Å². The van der Waals surface area contributed by atoms with Crippen LogP contribution in [0.2, 0.25) is 0 Å². The Bertz CT molecular complexity index is 1110. The van der Waals surface area contributed by atoms with Crippen LogP contribution in [0.5, 0.6) is 5.75 Å². The molecule has 2 N–H and O–H groups in total. The summed E-state index contributed by atoms with van der Waals surface area (Å²) in [5, 5.41) is 2.84. The van der Waals surface area contributed by atoms with Gasteiger partial charge in [-0.15, -0.1) is 10.1 Å². The van der Waals surface area contributed by atoms with E-state index in [1.165, 1.54) is 12.1 Å². The predicted octanol–water partition coefficient (Wildman–Crippen LogP) is 2.85. The minimum absolute atomic E-state index is 0.344. The molecule has 0 aromatic heterocycles. The summed E-state index contributed by atoms with van der Waals surface area (Å²) in [7, 11) is 1.58. The molecule has 1 aliphatic rings. The van der Waals surface area contributed by atoms with Crippen molar-refractivity contribution in [3.8, 4) is 5.75 Å². The van der Waals surface area contributed by atoms with Crippen LogP contribution in [0.1, 0.15) is 27.5 Å². The Kier molecular flexibility index (Phi) is 5.75. The van der Waals surface area contributed by atoms with Crippen LogP contribution in [0.4, 0.5) is 4.39 Å². The molecule has 0 spiro atoms. The summed E-state index contributed by atoms with van der Waals surface area (Å²) in [6, 6.07) is 20.6. The van der Waals surface area contributed by atoms with E-state index in [-0.39, 0.29) is 17.6 Å². The summed E-state index contributed by atoms with van der Waals surface area (Å²) >= 11 is 0. The van der Waals surface area contributed by atoms with Crippen molar-refractivity contribution in [1.82, 2.24) is 10.7 Å². The Balaban J connectivity index is 1.70. The summed E-state index contributed by atoms with van der Waals surface area (Å²) in [6.07, 6.45) is 1.71. The number of hydrogen-bond donors (Lipinski definition) is 2. The van der Waals surface area contributed by atoms with Gasteiger partial charge in [0, 0.05) is 16.7 Å². The zero-order valence-corrected chi connectivity index (χ0v) is 16.8. The summed E-state index contributed by atoms with van der Waals surface area (Å²) in [5.74, 6) is -0.353. The van der Waals surface area contributed by atoms with Gasteiger partial charge < -0.3 is 10.1 Å². The number of hydrogen-bond acceptors (Lipinski definition) is 3. The normalized spacial score (nSPS) is 19.2. The number of nitrogens with one attached hydrogen (secondary N) is 2. The standard InChI is InChI=1S/C24H20FN3O3/c1-31-20-13-9-17(10-14-20)22-21(26-23(29)18-5-3-2-4-6-18)24(30)27-28(22)15-16-7-11-19(25)12-8-16/h2-15,21-22H,1H3,(H-,26,27,29,30)/p+1/b28-15-/t21-,22+/m0/s1. The highest BCUT2D eigenvalue weighted by Gasteiger charge is 2.47. The van der Waals surface area contributed by atoms with Crippen LogP contribution in [-0.2, 0) is 4.79 Å². The van der Waals surface area contributed by atoms with Crippen LogP contribution >= 0.6 is 0 Å². The number of methoxy groups -OCH3 is 1. The minimum Gasteiger partial charge on any atom is -0.497 e. The fraction of sp³-hybridized carbons (Fsp3) is 0.125. The second-order valence-corrected chi connectivity index (χ2v) is 7.10. The van der Waals surface area contributed by atoms with E-state index in [4.69, 9.17) is 4.74 Å². The Morgan fingerprint density at radius 2 is 1.71 bits per heavy atom. The lowest BCUT2D eigenvalue weighted by atomic mass is 9.99. The number of rotatable bonds is 5. The molecule has 0 saturated carbocycles. The molecule has 0 aliphatic carbocycles. The number of benzene rings is 3. The third kappa shape index (κ3) is 4.45. The first kappa shape index (κ1) is 20.3. The van der Waals surface area contributed by atoms with Crippen molar-refractivity contribution in [2.45, 2.75) is 12.1 Å². The lowest BCUT2D eigenvalue weighted by Gasteiger charge is -2.15. The maximum Gasteiger partial charge on any atom is 0.304 e. The largest absolute Gasteiger partial charge is 0.497 e. The van der Waals surface area contributed by atoms with Gasteiger partial charge >= 0.3 is 5.91 Å². The van der Waals surface area contributed by atoms with E-state index < -0.39 is 12.1 Å². The van der Waals surface area contributed by atoms with Gasteiger partial charge in [-0.1, -0.05) is 18.2 Å². The van der Waals surface area contributed by atoms with E-state index in [9.17, 15) is 14.0 Å². The monoisotopic (exact) mass is 418 g/mol. The highest BCUT2D eigenvalue weighted by atomic mass is 19.1. The van der Waals surface area contributed by atoms with Gasteiger partial charge in [0.1, 0.15) is 11.6 Å². The third-order valence-corrected chi connectivity index (χ3v) is 5.08. The molecule has 31 heavy (non-hydrogen) atoms. The van der Waals surface area contributed by atoms with Crippen LogP contribution in [0.15, 0.2) is 78.9 Å². The molecular weight excluding hydrogens is 397 g/mol. The van der Waals surface area contributed by atoms with E-state index in [2.05, 4.69) is 10.7 Å². The maximum atomic E-state index is 13.3. The van der Waals surface area contributed by atoms with Crippen LogP contribution < -0.4 is 15.5 Å². The lowest BCUT2D eigenvalue weighted by Crippen LogP contribution is -2.42. The number of hydrazone groups is 1. The molecule has 156 valence electrons. The Morgan fingerprint density at radius 3 is 2.35 bits per heavy atom. The Morgan fingerprint density at radius 1 is 1.03 bits per heavy atom. The minimum atomic E-state index is -0.835. The molecule has 3 aromatic rings. The predicted molar refractivity (Wildman–Crippen MR) is 113 cm³/mol. The zero-order valence-electron chi connectivity index (χ0n) is 16.8. The van der Waals surface area contributed by atoms with E-state index in [1.807, 2.05) is 18.2 Å². The molecule has 2 atom stereocenters. The van der Waals surface area contributed by atoms with Crippen LogP contribution in [0, 0.1) is 5.82 Å². The molecule has 4 rings (SSSR count). The van der Waals surface area contributed by atoms with Crippen molar-refractivity contribution in [3.05, 3.63) is 101 Å². The molecule has 1 saturated heterocycles. The lowest BCUT2D eigenvalue weighted by molar-refractivity contribution is -0.596. The summed E-state index contributed by atoms with van der Waals surface area (Å²) < 4.78 is 20.1. The van der Waals surface area contributed by atoms with Gasteiger partial charge in [-0.2, -0.15) is 0 Å². The molecule has 1 aliphatic heterocycles. The molecule has 2 amide bonds. The van der Waals surface area contributed by atoms with Gasteiger partial charge in [-0.05, 0) is 60.7 Å². The van der Waals surface area contributed by atoms with Crippen molar-refractivity contribution < 1.29 is 23.4 Å². The average molecular weight is 418 g/mol. The molecule has 7 heteroatoms. The first-order chi connectivity index (χ1) is 15.0. The van der Waals surface area contributed by atoms with Crippen molar-refractivity contribution in [3.63, 3.8) is 0 Å². The van der Waals surface area contributed by atoms with E-state index in [0.29, 0.717) is 16.9 Å². The van der Waals surface area contributed by atoms with Crippen molar-refractivity contribution in [2.24, 2.45) is 0 Å². The van der Waals surface area contributed by atoms with E-state index in [0.717, 1.165) is 5.56 Å². The fourth-order valence-electron chi connectivity index (χ4n) is 3.51. The van der Waals surface area contributed by atoms with Gasteiger partial charge in [0.05, 0.1) is 7.11 Å². The van der Waals surface area contributed by atoms with Gasteiger partial charge in [-0.3, -0.25) is 9.59 Å². The smallest absolute Gasteiger partial charge is 0.304 e. The summed E-state index contributed by atoms with van der Waals surface area (Å²) in [4.78, 5) is 25.6. The second-order valence-electron chi connectivity index (χ2n) is 7.10. The fourth-order valence-corrected chi connectivity index (χ4v) is 3.51. The van der Waals surface area contributed by atoms with Crippen molar-refractivity contribution in [2.75, 3.05) is 7.11 Å². The van der Waals surface area contributed by atoms with E-state index >= 15 is 0 Å². The van der Waals surface area contributed by atoms with Crippen LogP contribution in [0.25, 0.3) is 0 Å². The first-order valence-corrected chi connectivity index (χ1v) is 9.74. The van der Waals surface area contributed by atoms with Crippen molar-refractivity contribution >= 4 is 18.0 Å². The zero-order chi connectivity index (χ0) is 21.8. The van der Waals surface area contributed by atoms with Gasteiger partial charge in [0.25, 0.3) is 5.91 Å².